The lowest BCUT2D eigenvalue weighted by Crippen LogP contribution is -2.29. The summed E-state index contributed by atoms with van der Waals surface area (Å²) < 4.78 is 10.6. The van der Waals surface area contributed by atoms with E-state index in [1.165, 1.54) is 0 Å². The molecule has 1 aromatic carbocycles. The number of aromatic nitrogens is 2. The summed E-state index contributed by atoms with van der Waals surface area (Å²) in [6.45, 7) is 2.09. The van der Waals surface area contributed by atoms with E-state index in [0.717, 1.165) is 6.54 Å². The van der Waals surface area contributed by atoms with Gasteiger partial charge < -0.3 is 25.4 Å². The van der Waals surface area contributed by atoms with Crippen LogP contribution in [0.2, 0.25) is 0 Å². The lowest BCUT2D eigenvalue weighted by atomic mass is 10.0. The van der Waals surface area contributed by atoms with Gasteiger partial charge in [-0.05, 0) is 6.07 Å². The second-order valence-corrected chi connectivity index (χ2v) is 6.15. The van der Waals surface area contributed by atoms with E-state index in [-0.39, 0.29) is 11.8 Å². The van der Waals surface area contributed by atoms with Crippen molar-refractivity contribution in [3.63, 3.8) is 0 Å². The van der Waals surface area contributed by atoms with Gasteiger partial charge >= 0.3 is 0 Å². The first-order valence-corrected chi connectivity index (χ1v) is 7.82. The normalized spacial score (nSPS) is 22.6. The molecular formula is C16H19N5O3. The number of benzene rings is 1. The Labute approximate surface area is 138 Å². The quantitative estimate of drug-likeness (QED) is 0.841. The molecule has 1 aromatic heterocycles. The van der Waals surface area contributed by atoms with E-state index in [2.05, 4.69) is 15.3 Å². The van der Waals surface area contributed by atoms with Crippen molar-refractivity contribution in [2.45, 2.75) is 0 Å². The van der Waals surface area contributed by atoms with Gasteiger partial charge in [-0.15, -0.1) is 0 Å². The van der Waals surface area contributed by atoms with Crippen molar-refractivity contribution in [1.29, 1.82) is 0 Å². The molecule has 3 heterocycles. The van der Waals surface area contributed by atoms with Crippen LogP contribution in [-0.2, 0) is 4.79 Å². The fourth-order valence-electron chi connectivity index (χ4n) is 3.51. The maximum Gasteiger partial charge on any atom is 0.227 e. The molecular weight excluding hydrogens is 310 g/mol. The van der Waals surface area contributed by atoms with Gasteiger partial charge in [-0.1, -0.05) is 0 Å². The first-order valence-electron chi connectivity index (χ1n) is 7.82. The summed E-state index contributed by atoms with van der Waals surface area (Å²) in [5, 5.41) is 3.62. The largest absolute Gasteiger partial charge is 0.493 e. The van der Waals surface area contributed by atoms with E-state index >= 15 is 0 Å². The van der Waals surface area contributed by atoms with Crippen molar-refractivity contribution >= 4 is 28.6 Å². The lowest BCUT2D eigenvalue weighted by Gasteiger charge is -2.18. The monoisotopic (exact) mass is 329 g/mol. The highest BCUT2D eigenvalue weighted by Gasteiger charge is 2.42. The van der Waals surface area contributed by atoms with Gasteiger partial charge in [0.05, 0.1) is 25.7 Å². The molecule has 3 N–H and O–H groups in total. The standard InChI is InChI=1S/C16H19N5O3/c1-23-12-3-9-11(4-13(12)24-2)19-16(20-14(9)17)21-6-8-5-18-15(22)10(8)7-21/h3-4,8,10H,5-7H2,1-2H3,(H,18,22)(H2,17,19,20)/t8-,10+/m0/s1. The summed E-state index contributed by atoms with van der Waals surface area (Å²) in [5.74, 6) is 2.54. The van der Waals surface area contributed by atoms with Crippen molar-refractivity contribution in [3.8, 4) is 11.5 Å². The van der Waals surface area contributed by atoms with E-state index in [1.807, 2.05) is 4.90 Å². The van der Waals surface area contributed by atoms with Crippen LogP contribution in [0.3, 0.4) is 0 Å². The van der Waals surface area contributed by atoms with Crippen LogP contribution >= 0.6 is 0 Å². The molecule has 2 aliphatic heterocycles. The van der Waals surface area contributed by atoms with Crippen molar-refractivity contribution in [3.05, 3.63) is 12.1 Å². The van der Waals surface area contributed by atoms with E-state index in [4.69, 9.17) is 15.2 Å². The molecule has 0 bridgehead atoms. The molecule has 2 aromatic rings. The minimum Gasteiger partial charge on any atom is -0.493 e. The van der Waals surface area contributed by atoms with Crippen molar-refractivity contribution < 1.29 is 14.3 Å². The number of carbonyl (C=O) groups excluding carboxylic acids is 1. The SMILES string of the molecule is COc1cc2nc(N3C[C@@H]4CNC(=O)[C@@H]4C3)nc(N)c2cc1OC. The molecule has 0 spiro atoms. The second kappa shape index (κ2) is 5.40. The maximum absolute atomic E-state index is 11.8. The number of nitrogens with one attached hydrogen (secondary N) is 1. The number of methoxy groups -OCH3 is 2. The van der Waals surface area contributed by atoms with Crippen molar-refractivity contribution in [1.82, 2.24) is 15.3 Å². The highest BCUT2D eigenvalue weighted by Crippen LogP contribution is 2.35. The molecule has 4 rings (SSSR count). The Morgan fingerprint density at radius 3 is 2.67 bits per heavy atom. The summed E-state index contributed by atoms with van der Waals surface area (Å²) in [4.78, 5) is 22.9. The molecule has 8 nitrogen and oxygen atoms in total. The van der Waals surface area contributed by atoms with E-state index in [0.29, 0.717) is 53.2 Å². The Morgan fingerprint density at radius 2 is 1.96 bits per heavy atom. The number of anilines is 2. The first kappa shape index (κ1) is 14.8. The Balaban J connectivity index is 1.74. The zero-order chi connectivity index (χ0) is 16.8. The molecule has 0 radical (unpaired) electrons. The van der Waals surface area contributed by atoms with Gasteiger partial charge in [-0.2, -0.15) is 4.98 Å². The molecule has 2 fully saturated rings. The van der Waals surface area contributed by atoms with Gasteiger partial charge in [-0.3, -0.25) is 4.79 Å². The number of rotatable bonds is 3. The molecule has 0 saturated carbocycles. The number of hydrogen-bond donors (Lipinski definition) is 2. The number of fused-ring (bicyclic) bond motifs is 2. The third-order valence-corrected chi connectivity index (χ3v) is 4.82. The average Bonchev–Trinajstić information content (AvgIpc) is 3.16. The maximum atomic E-state index is 11.8. The molecule has 24 heavy (non-hydrogen) atoms. The van der Waals surface area contributed by atoms with Gasteiger partial charge in [0.2, 0.25) is 11.9 Å². The van der Waals surface area contributed by atoms with Gasteiger partial charge in [0.1, 0.15) is 5.82 Å². The van der Waals surface area contributed by atoms with Crippen molar-refractivity contribution in [2.75, 3.05) is 44.5 Å². The smallest absolute Gasteiger partial charge is 0.227 e. The summed E-state index contributed by atoms with van der Waals surface area (Å²) in [6, 6.07) is 3.57. The average molecular weight is 329 g/mol. The first-order chi connectivity index (χ1) is 11.6. The van der Waals surface area contributed by atoms with E-state index in [1.54, 1.807) is 26.4 Å². The predicted molar refractivity (Wildman–Crippen MR) is 89.3 cm³/mol. The minimum atomic E-state index is 0.0101. The second-order valence-electron chi connectivity index (χ2n) is 6.15. The molecule has 0 unspecified atom stereocenters. The van der Waals surface area contributed by atoms with Crippen LogP contribution < -0.4 is 25.4 Å². The van der Waals surface area contributed by atoms with Crippen LogP contribution in [0.15, 0.2) is 12.1 Å². The molecule has 2 saturated heterocycles. The van der Waals surface area contributed by atoms with Crippen LogP contribution in [0.1, 0.15) is 0 Å². The summed E-state index contributed by atoms with van der Waals surface area (Å²) in [7, 11) is 3.15. The van der Waals surface area contributed by atoms with E-state index in [9.17, 15) is 4.79 Å². The molecule has 1 amide bonds. The fourth-order valence-corrected chi connectivity index (χ4v) is 3.51. The summed E-state index contributed by atoms with van der Waals surface area (Å²) in [5.41, 5.74) is 6.82. The highest BCUT2D eigenvalue weighted by molar-refractivity contribution is 5.92. The fraction of sp³-hybridized carbons (Fsp3) is 0.438. The van der Waals surface area contributed by atoms with Crippen LogP contribution in [0.25, 0.3) is 10.9 Å². The number of nitrogen functional groups attached to an aromatic ring is 1. The Hall–Kier alpha value is -2.77. The lowest BCUT2D eigenvalue weighted by molar-refractivity contribution is -0.122. The molecule has 2 atom stereocenters. The number of hydrogen-bond acceptors (Lipinski definition) is 7. The Morgan fingerprint density at radius 1 is 1.21 bits per heavy atom. The number of amides is 1. The minimum absolute atomic E-state index is 0.0101. The van der Waals surface area contributed by atoms with E-state index < -0.39 is 0 Å². The molecule has 8 heteroatoms. The Bertz CT molecular complexity index is 825. The Kier molecular flexibility index (Phi) is 3.33. The van der Waals surface area contributed by atoms with Crippen molar-refractivity contribution in [2.24, 2.45) is 11.8 Å². The third kappa shape index (κ3) is 2.17. The van der Waals surface area contributed by atoms with Gasteiger partial charge in [0.25, 0.3) is 0 Å². The highest BCUT2D eigenvalue weighted by atomic mass is 16.5. The number of ether oxygens (including phenoxy) is 2. The van der Waals surface area contributed by atoms with Gasteiger partial charge in [0.15, 0.2) is 11.5 Å². The molecule has 2 aliphatic rings. The summed E-state index contributed by atoms with van der Waals surface area (Å²) in [6.07, 6.45) is 0. The zero-order valence-electron chi connectivity index (χ0n) is 13.6. The molecule has 126 valence electrons. The number of nitrogens with zero attached hydrogens (tertiary/aromatic N) is 3. The van der Waals surface area contributed by atoms with Crippen LogP contribution in [0.4, 0.5) is 11.8 Å². The third-order valence-electron chi connectivity index (χ3n) is 4.82. The van der Waals surface area contributed by atoms with Crippen LogP contribution in [0.5, 0.6) is 11.5 Å². The van der Waals surface area contributed by atoms with Gasteiger partial charge in [0, 0.05) is 37.0 Å². The van der Waals surface area contributed by atoms with Gasteiger partial charge in [-0.25, -0.2) is 4.98 Å². The number of nitrogens with two attached hydrogens (primary N) is 1. The topological polar surface area (TPSA) is 103 Å². The molecule has 0 aliphatic carbocycles. The predicted octanol–water partition coefficient (Wildman–Crippen LogP) is 0.411. The zero-order valence-corrected chi connectivity index (χ0v) is 13.6. The van der Waals surface area contributed by atoms with Crippen LogP contribution in [0, 0.1) is 11.8 Å². The van der Waals surface area contributed by atoms with Crippen LogP contribution in [-0.4, -0.2) is 49.7 Å². The number of carbonyl (C=O) groups is 1. The summed E-state index contributed by atoms with van der Waals surface area (Å²) >= 11 is 0.